The molecule has 0 unspecified atom stereocenters. The molecule has 82 valence electrons. The number of likely N-dealkylation sites (N-methyl/N-ethyl adjacent to an activating group) is 1. The summed E-state index contributed by atoms with van der Waals surface area (Å²) < 4.78 is 12.9. The molecule has 0 aliphatic heterocycles. The highest BCUT2D eigenvalue weighted by molar-refractivity contribution is 5.98. The number of amides is 1. The predicted molar refractivity (Wildman–Crippen MR) is 56.8 cm³/mol. The maximum atomic E-state index is 12.9. The van der Waals surface area contributed by atoms with Crippen molar-refractivity contribution in [1.82, 2.24) is 4.90 Å². The van der Waals surface area contributed by atoms with E-state index < -0.39 is 5.82 Å². The van der Waals surface area contributed by atoms with E-state index in [2.05, 4.69) is 0 Å². The van der Waals surface area contributed by atoms with Crippen LogP contribution in [0.4, 0.5) is 10.1 Å². The van der Waals surface area contributed by atoms with Crippen molar-refractivity contribution in [3.63, 3.8) is 0 Å². The molecule has 0 heterocycles. The monoisotopic (exact) mass is 211 g/mol. The number of hydrogen-bond donors (Lipinski definition) is 2. The second kappa shape index (κ2) is 4.75. The van der Waals surface area contributed by atoms with Crippen LogP contribution in [0.1, 0.15) is 10.4 Å². The van der Waals surface area contributed by atoms with E-state index in [1.807, 2.05) is 0 Å². The van der Waals surface area contributed by atoms with Gasteiger partial charge in [-0.15, -0.1) is 0 Å². The number of nitrogen functional groups attached to an aromatic ring is 1. The molecule has 0 saturated heterocycles. The summed E-state index contributed by atoms with van der Waals surface area (Å²) in [6.07, 6.45) is 0. The summed E-state index contributed by atoms with van der Waals surface area (Å²) in [4.78, 5) is 13.1. The highest BCUT2D eigenvalue weighted by Gasteiger charge is 2.14. The van der Waals surface area contributed by atoms with Crippen molar-refractivity contribution in [1.29, 1.82) is 0 Å². The zero-order chi connectivity index (χ0) is 11.4. The molecule has 1 aromatic rings. The predicted octanol–water partition coefficient (Wildman–Crippen LogP) is 0.439. The molecule has 0 aromatic heterocycles. The third kappa shape index (κ3) is 2.66. The third-order valence-electron chi connectivity index (χ3n) is 2.06. The van der Waals surface area contributed by atoms with Gasteiger partial charge in [-0.2, -0.15) is 0 Å². The molecule has 1 rings (SSSR count). The number of halogens is 1. The van der Waals surface area contributed by atoms with Gasteiger partial charge in [0.25, 0.3) is 5.91 Å². The minimum absolute atomic E-state index is 0.172. The summed E-state index contributed by atoms with van der Waals surface area (Å²) in [5, 5.41) is 0. The van der Waals surface area contributed by atoms with Crippen LogP contribution >= 0.6 is 0 Å². The molecule has 15 heavy (non-hydrogen) atoms. The topological polar surface area (TPSA) is 72.3 Å². The van der Waals surface area contributed by atoms with Gasteiger partial charge in [0, 0.05) is 25.8 Å². The number of anilines is 1. The molecule has 4 N–H and O–H groups in total. The highest BCUT2D eigenvalue weighted by atomic mass is 19.1. The quantitative estimate of drug-likeness (QED) is 0.712. The second-order valence-electron chi connectivity index (χ2n) is 3.25. The van der Waals surface area contributed by atoms with Crippen molar-refractivity contribution in [2.45, 2.75) is 0 Å². The van der Waals surface area contributed by atoms with E-state index in [1.165, 1.54) is 17.0 Å². The number of carbonyl (C=O) groups excluding carboxylic acids is 1. The van der Waals surface area contributed by atoms with Crippen LogP contribution in [0.5, 0.6) is 0 Å². The Morgan fingerprint density at radius 2 is 2.20 bits per heavy atom. The van der Waals surface area contributed by atoms with E-state index in [1.54, 1.807) is 7.05 Å². The average molecular weight is 211 g/mol. The van der Waals surface area contributed by atoms with Gasteiger partial charge in [-0.05, 0) is 18.2 Å². The molecule has 0 radical (unpaired) electrons. The summed E-state index contributed by atoms with van der Waals surface area (Å²) in [5.74, 6) is -0.800. The maximum absolute atomic E-state index is 12.9. The number of hydrogen-bond acceptors (Lipinski definition) is 3. The van der Waals surface area contributed by atoms with Crippen LogP contribution in [0.15, 0.2) is 18.2 Å². The second-order valence-corrected chi connectivity index (χ2v) is 3.25. The van der Waals surface area contributed by atoms with Gasteiger partial charge in [-0.1, -0.05) is 0 Å². The lowest BCUT2D eigenvalue weighted by molar-refractivity contribution is 0.0799. The molecule has 1 amide bonds. The zero-order valence-corrected chi connectivity index (χ0v) is 8.53. The molecule has 0 aliphatic rings. The molecule has 0 spiro atoms. The van der Waals surface area contributed by atoms with Crippen LogP contribution in [0.25, 0.3) is 0 Å². The van der Waals surface area contributed by atoms with Crippen LogP contribution < -0.4 is 11.5 Å². The van der Waals surface area contributed by atoms with Crippen molar-refractivity contribution in [2.24, 2.45) is 5.73 Å². The first kappa shape index (κ1) is 11.5. The Labute approximate surface area is 87.7 Å². The summed E-state index contributed by atoms with van der Waals surface area (Å²) in [6.45, 7) is 0.770. The van der Waals surface area contributed by atoms with E-state index in [-0.39, 0.29) is 17.2 Å². The van der Waals surface area contributed by atoms with Crippen molar-refractivity contribution < 1.29 is 9.18 Å². The van der Waals surface area contributed by atoms with Gasteiger partial charge in [-0.25, -0.2) is 4.39 Å². The maximum Gasteiger partial charge on any atom is 0.255 e. The smallest absolute Gasteiger partial charge is 0.255 e. The largest absolute Gasteiger partial charge is 0.398 e. The number of nitrogens with two attached hydrogens (primary N) is 2. The van der Waals surface area contributed by atoms with Crippen LogP contribution in [-0.2, 0) is 0 Å². The number of carbonyl (C=O) groups is 1. The fourth-order valence-electron chi connectivity index (χ4n) is 1.21. The first-order valence-corrected chi connectivity index (χ1v) is 4.57. The molecule has 0 aliphatic carbocycles. The van der Waals surface area contributed by atoms with Crippen LogP contribution in [0, 0.1) is 5.82 Å². The number of nitrogens with zero attached hydrogens (tertiary/aromatic N) is 1. The lowest BCUT2D eigenvalue weighted by atomic mass is 10.1. The molecule has 1 aromatic carbocycles. The standard InChI is InChI=1S/C10H14FN3O/c1-14(5-4-12)10(15)8-6-7(11)2-3-9(8)13/h2-3,6H,4-5,12-13H2,1H3. The minimum Gasteiger partial charge on any atom is -0.398 e. The van der Waals surface area contributed by atoms with Crippen molar-refractivity contribution in [3.8, 4) is 0 Å². The van der Waals surface area contributed by atoms with Crippen LogP contribution in [0.2, 0.25) is 0 Å². The molecule has 0 bridgehead atoms. The molecular weight excluding hydrogens is 197 g/mol. The third-order valence-corrected chi connectivity index (χ3v) is 2.06. The first-order chi connectivity index (χ1) is 7.06. The van der Waals surface area contributed by atoms with Crippen molar-refractivity contribution in [2.75, 3.05) is 25.9 Å². The molecule has 5 heteroatoms. The first-order valence-electron chi connectivity index (χ1n) is 4.57. The van der Waals surface area contributed by atoms with E-state index in [4.69, 9.17) is 11.5 Å². The van der Waals surface area contributed by atoms with Gasteiger partial charge in [0.1, 0.15) is 5.82 Å². The van der Waals surface area contributed by atoms with Crippen LogP contribution in [-0.4, -0.2) is 30.9 Å². The van der Waals surface area contributed by atoms with Crippen LogP contribution in [0.3, 0.4) is 0 Å². The van der Waals surface area contributed by atoms with Gasteiger partial charge in [0.2, 0.25) is 0 Å². The normalized spacial score (nSPS) is 10.1. The Bertz CT molecular complexity index is 368. The zero-order valence-electron chi connectivity index (χ0n) is 8.53. The highest BCUT2D eigenvalue weighted by Crippen LogP contribution is 2.14. The Morgan fingerprint density at radius 1 is 1.53 bits per heavy atom. The summed E-state index contributed by atoms with van der Waals surface area (Å²) in [7, 11) is 1.60. The summed E-state index contributed by atoms with van der Waals surface area (Å²) in [6, 6.07) is 3.72. The van der Waals surface area contributed by atoms with Gasteiger partial charge in [-0.3, -0.25) is 4.79 Å². The van der Waals surface area contributed by atoms with E-state index in [9.17, 15) is 9.18 Å². The van der Waals surface area contributed by atoms with E-state index in [0.29, 0.717) is 13.1 Å². The number of rotatable bonds is 3. The van der Waals surface area contributed by atoms with Gasteiger partial charge in [0.15, 0.2) is 0 Å². The lowest BCUT2D eigenvalue weighted by Gasteiger charge is -2.16. The summed E-state index contributed by atoms with van der Waals surface area (Å²) >= 11 is 0. The molecule has 0 fully saturated rings. The molecule has 0 atom stereocenters. The summed E-state index contributed by atoms with van der Waals surface area (Å²) in [5.41, 5.74) is 11.3. The average Bonchev–Trinajstić information content (AvgIpc) is 2.21. The molecular formula is C10H14FN3O. The minimum atomic E-state index is -0.478. The van der Waals surface area contributed by atoms with E-state index in [0.717, 1.165) is 6.07 Å². The van der Waals surface area contributed by atoms with Gasteiger partial charge in [0.05, 0.1) is 5.56 Å². The molecule has 4 nitrogen and oxygen atoms in total. The Balaban J connectivity index is 2.95. The lowest BCUT2D eigenvalue weighted by Crippen LogP contribution is -2.32. The van der Waals surface area contributed by atoms with Gasteiger partial charge < -0.3 is 16.4 Å². The number of benzene rings is 1. The van der Waals surface area contributed by atoms with Gasteiger partial charge >= 0.3 is 0 Å². The Kier molecular flexibility index (Phi) is 3.62. The van der Waals surface area contributed by atoms with Crippen molar-refractivity contribution >= 4 is 11.6 Å². The fraction of sp³-hybridized carbons (Fsp3) is 0.300. The van der Waals surface area contributed by atoms with Crippen molar-refractivity contribution in [3.05, 3.63) is 29.6 Å². The fourth-order valence-corrected chi connectivity index (χ4v) is 1.21. The Hall–Kier alpha value is -1.62. The molecule has 0 saturated carbocycles. The van der Waals surface area contributed by atoms with E-state index >= 15 is 0 Å². The SMILES string of the molecule is CN(CCN)C(=O)c1cc(F)ccc1N. The Morgan fingerprint density at radius 3 is 2.80 bits per heavy atom.